The maximum atomic E-state index is 11.9. The second-order valence-corrected chi connectivity index (χ2v) is 5.41. The van der Waals surface area contributed by atoms with Crippen molar-refractivity contribution in [3.05, 3.63) is 11.1 Å². The number of aryl methyl sites for hydroxylation is 1. The molecule has 0 atom stereocenters. The van der Waals surface area contributed by atoms with Crippen LogP contribution in [0.15, 0.2) is 5.38 Å². The minimum absolute atomic E-state index is 0.0385. The van der Waals surface area contributed by atoms with E-state index in [9.17, 15) is 4.79 Å². The van der Waals surface area contributed by atoms with Gasteiger partial charge < -0.3 is 10.4 Å². The van der Waals surface area contributed by atoms with Crippen molar-refractivity contribution < 1.29 is 9.90 Å². The number of thiazole rings is 1. The van der Waals surface area contributed by atoms with Gasteiger partial charge in [0.25, 0.3) is 0 Å². The lowest BCUT2D eigenvalue weighted by molar-refractivity contribution is -0.117. The van der Waals surface area contributed by atoms with E-state index in [1.165, 1.54) is 11.3 Å². The van der Waals surface area contributed by atoms with Crippen molar-refractivity contribution in [2.24, 2.45) is 0 Å². The van der Waals surface area contributed by atoms with Crippen molar-refractivity contribution in [1.82, 2.24) is 9.88 Å². The van der Waals surface area contributed by atoms with Gasteiger partial charge in [0.15, 0.2) is 5.13 Å². The highest BCUT2D eigenvalue weighted by atomic mass is 32.1. The van der Waals surface area contributed by atoms with Gasteiger partial charge in [-0.1, -0.05) is 13.3 Å². The van der Waals surface area contributed by atoms with Gasteiger partial charge in [-0.3, -0.25) is 9.69 Å². The molecule has 108 valence electrons. The molecule has 2 N–H and O–H groups in total. The number of hydrogen-bond donors (Lipinski definition) is 2. The van der Waals surface area contributed by atoms with Gasteiger partial charge in [-0.2, -0.15) is 0 Å². The monoisotopic (exact) mass is 285 g/mol. The number of carbonyl (C=O) groups is 1. The molecular formula is C13H23N3O2S. The molecule has 0 aromatic carbocycles. The molecular weight excluding hydrogens is 262 g/mol. The number of anilines is 1. The fourth-order valence-corrected chi connectivity index (χ4v) is 2.42. The Labute approximate surface area is 118 Å². The highest BCUT2D eigenvalue weighted by Gasteiger charge is 2.11. The van der Waals surface area contributed by atoms with E-state index in [0.717, 1.165) is 31.6 Å². The Balaban J connectivity index is 2.40. The maximum Gasteiger partial charge on any atom is 0.240 e. The molecule has 1 aromatic rings. The normalized spacial score (nSPS) is 10.9. The third-order valence-electron chi connectivity index (χ3n) is 2.69. The van der Waals surface area contributed by atoms with Gasteiger partial charge in [0.2, 0.25) is 5.91 Å². The number of nitrogens with zero attached hydrogens (tertiary/aromatic N) is 2. The second-order valence-electron chi connectivity index (χ2n) is 4.55. The first-order chi connectivity index (χ1) is 9.15. The van der Waals surface area contributed by atoms with Crippen molar-refractivity contribution in [3.8, 4) is 0 Å². The van der Waals surface area contributed by atoms with E-state index in [-0.39, 0.29) is 12.5 Å². The summed E-state index contributed by atoms with van der Waals surface area (Å²) >= 11 is 1.44. The van der Waals surface area contributed by atoms with Gasteiger partial charge in [-0.25, -0.2) is 4.98 Å². The molecule has 0 aliphatic carbocycles. The molecule has 0 spiro atoms. The first kappa shape index (κ1) is 16.1. The topological polar surface area (TPSA) is 65.5 Å². The van der Waals surface area contributed by atoms with Gasteiger partial charge in [-0.05, 0) is 26.3 Å². The summed E-state index contributed by atoms with van der Waals surface area (Å²) in [7, 11) is 0. The largest absolute Gasteiger partial charge is 0.396 e. The fourth-order valence-electron chi connectivity index (χ4n) is 1.72. The number of nitrogens with one attached hydrogen (secondary N) is 1. The standard InChI is InChI=1S/C13H23N3O2S/c1-3-4-6-16(7-5-8-17)9-12(18)15-13-14-11(2)10-19-13/h10,17H,3-9H2,1-2H3,(H,14,15,18). The predicted molar refractivity (Wildman–Crippen MR) is 78.5 cm³/mol. The lowest BCUT2D eigenvalue weighted by Crippen LogP contribution is -2.35. The van der Waals surface area contributed by atoms with Crippen molar-refractivity contribution in [2.75, 3.05) is 31.6 Å². The number of aliphatic hydroxyl groups is 1. The molecule has 0 bridgehead atoms. The Bertz CT molecular complexity index is 374. The van der Waals surface area contributed by atoms with Crippen LogP contribution in [0.3, 0.4) is 0 Å². The molecule has 1 heterocycles. The summed E-state index contributed by atoms with van der Waals surface area (Å²) in [4.78, 5) is 18.2. The van der Waals surface area contributed by atoms with E-state index in [1.54, 1.807) is 0 Å². The molecule has 0 aliphatic rings. The molecule has 1 rings (SSSR count). The Morgan fingerprint density at radius 3 is 2.79 bits per heavy atom. The Hall–Kier alpha value is -0.980. The van der Waals surface area contributed by atoms with Crippen LogP contribution in [0.2, 0.25) is 0 Å². The molecule has 6 heteroatoms. The third kappa shape index (κ3) is 6.66. The molecule has 5 nitrogen and oxygen atoms in total. The van der Waals surface area contributed by atoms with E-state index < -0.39 is 0 Å². The van der Waals surface area contributed by atoms with Crippen LogP contribution < -0.4 is 5.32 Å². The summed E-state index contributed by atoms with van der Waals surface area (Å²) < 4.78 is 0. The zero-order valence-corrected chi connectivity index (χ0v) is 12.5. The van der Waals surface area contributed by atoms with Crippen molar-refractivity contribution in [1.29, 1.82) is 0 Å². The summed E-state index contributed by atoms with van der Waals surface area (Å²) in [6, 6.07) is 0. The number of hydrogen-bond acceptors (Lipinski definition) is 5. The zero-order chi connectivity index (χ0) is 14.1. The number of carbonyl (C=O) groups excluding carboxylic acids is 1. The summed E-state index contributed by atoms with van der Waals surface area (Å²) in [5.41, 5.74) is 0.920. The number of unbranched alkanes of at least 4 members (excludes halogenated alkanes) is 1. The van der Waals surface area contributed by atoms with Crippen LogP contribution >= 0.6 is 11.3 Å². The third-order valence-corrected chi connectivity index (χ3v) is 3.57. The molecule has 0 unspecified atom stereocenters. The van der Waals surface area contributed by atoms with Crippen LogP contribution in [0.1, 0.15) is 31.9 Å². The molecule has 0 aliphatic heterocycles. The second kappa shape index (κ2) is 9.01. The first-order valence-electron chi connectivity index (χ1n) is 6.71. The minimum atomic E-state index is -0.0385. The molecule has 0 saturated heterocycles. The number of aromatic nitrogens is 1. The van der Waals surface area contributed by atoms with E-state index in [0.29, 0.717) is 18.1 Å². The highest BCUT2D eigenvalue weighted by Crippen LogP contribution is 2.14. The summed E-state index contributed by atoms with van der Waals surface area (Å²) in [6.45, 7) is 6.19. The van der Waals surface area contributed by atoms with E-state index >= 15 is 0 Å². The van der Waals surface area contributed by atoms with Crippen molar-refractivity contribution in [2.45, 2.75) is 33.1 Å². The quantitative estimate of drug-likeness (QED) is 0.727. The number of rotatable bonds is 9. The van der Waals surface area contributed by atoms with Gasteiger partial charge in [0.1, 0.15) is 0 Å². The fraction of sp³-hybridized carbons (Fsp3) is 0.692. The SMILES string of the molecule is CCCCN(CCCO)CC(=O)Nc1nc(C)cs1. The van der Waals surface area contributed by atoms with Crippen LogP contribution in [0.5, 0.6) is 0 Å². The van der Waals surface area contributed by atoms with E-state index in [1.807, 2.05) is 12.3 Å². The molecule has 0 radical (unpaired) electrons. The summed E-state index contributed by atoms with van der Waals surface area (Å²) in [5, 5.41) is 14.3. The Morgan fingerprint density at radius 2 is 2.21 bits per heavy atom. The smallest absolute Gasteiger partial charge is 0.240 e. The minimum Gasteiger partial charge on any atom is -0.396 e. The van der Waals surface area contributed by atoms with Crippen LogP contribution in [-0.4, -0.2) is 47.1 Å². The molecule has 19 heavy (non-hydrogen) atoms. The zero-order valence-electron chi connectivity index (χ0n) is 11.7. The van der Waals surface area contributed by atoms with E-state index in [4.69, 9.17) is 5.11 Å². The molecule has 0 saturated carbocycles. The Kier molecular flexibility index (Phi) is 7.62. The van der Waals surface area contributed by atoms with Gasteiger partial charge in [-0.15, -0.1) is 11.3 Å². The summed E-state index contributed by atoms with van der Waals surface area (Å²) in [5.74, 6) is -0.0385. The van der Waals surface area contributed by atoms with Crippen LogP contribution in [0.25, 0.3) is 0 Å². The number of amides is 1. The lowest BCUT2D eigenvalue weighted by atomic mass is 10.3. The molecule has 1 aromatic heterocycles. The van der Waals surface area contributed by atoms with Gasteiger partial charge in [0.05, 0.1) is 12.2 Å². The average molecular weight is 285 g/mol. The first-order valence-corrected chi connectivity index (χ1v) is 7.59. The van der Waals surface area contributed by atoms with Gasteiger partial charge in [0, 0.05) is 18.5 Å². The number of aliphatic hydroxyl groups excluding tert-OH is 1. The average Bonchev–Trinajstić information content (AvgIpc) is 2.78. The molecule has 0 fully saturated rings. The van der Waals surface area contributed by atoms with Gasteiger partial charge >= 0.3 is 0 Å². The highest BCUT2D eigenvalue weighted by molar-refractivity contribution is 7.13. The van der Waals surface area contributed by atoms with Crippen LogP contribution in [-0.2, 0) is 4.79 Å². The maximum absolute atomic E-state index is 11.9. The van der Waals surface area contributed by atoms with E-state index in [2.05, 4.69) is 22.1 Å². The van der Waals surface area contributed by atoms with Crippen LogP contribution in [0, 0.1) is 6.92 Å². The van der Waals surface area contributed by atoms with Crippen molar-refractivity contribution in [3.63, 3.8) is 0 Å². The predicted octanol–water partition coefficient (Wildman–Crippen LogP) is 1.87. The Morgan fingerprint density at radius 1 is 1.47 bits per heavy atom. The van der Waals surface area contributed by atoms with Crippen molar-refractivity contribution >= 4 is 22.4 Å². The summed E-state index contributed by atoms with van der Waals surface area (Å²) in [6.07, 6.45) is 2.87. The van der Waals surface area contributed by atoms with Crippen LogP contribution in [0.4, 0.5) is 5.13 Å². The lowest BCUT2D eigenvalue weighted by Gasteiger charge is -2.20. The molecule has 1 amide bonds.